The highest BCUT2D eigenvalue weighted by Gasteiger charge is 2.42. The highest BCUT2D eigenvalue weighted by atomic mass is 35.5. The van der Waals surface area contributed by atoms with Gasteiger partial charge in [-0.3, -0.25) is 19.6 Å². The van der Waals surface area contributed by atoms with Gasteiger partial charge in [0.15, 0.2) is 20.6 Å². The van der Waals surface area contributed by atoms with Gasteiger partial charge in [-0.2, -0.15) is 60.3 Å². The van der Waals surface area contributed by atoms with Crippen molar-refractivity contribution >= 4 is 137 Å². The maximum Gasteiger partial charge on any atom is 0.232 e. The summed E-state index contributed by atoms with van der Waals surface area (Å²) >= 11 is 26.3. The molecule has 32 nitrogen and oxygen atoms in total. The van der Waals surface area contributed by atoms with Crippen LogP contribution in [-0.2, 0) is 0 Å². The molecule has 120 heavy (non-hydrogen) atoms. The molecule has 8 aliphatic rings. The van der Waals surface area contributed by atoms with E-state index in [1.165, 1.54) is 77.0 Å². The Kier molecular flexibility index (Phi) is 25.5. The fourth-order valence-electron chi connectivity index (χ4n) is 17.1. The van der Waals surface area contributed by atoms with Gasteiger partial charge in [0.05, 0.1) is 120 Å². The quantitative estimate of drug-likeness (QED) is 0.0261. The number of likely N-dealkylation sites (tertiary alicyclic amines) is 4. The highest BCUT2D eigenvalue weighted by molar-refractivity contribution is 6.33. The number of rotatable bonds is 24. The number of anilines is 8. The summed E-state index contributed by atoms with van der Waals surface area (Å²) in [6, 6.07) is 8.21. The van der Waals surface area contributed by atoms with Crippen molar-refractivity contribution in [3.8, 4) is 23.5 Å². The Balaban J connectivity index is 0.000000114. The van der Waals surface area contributed by atoms with Crippen molar-refractivity contribution in [3.63, 3.8) is 0 Å². The smallest absolute Gasteiger partial charge is 0.232 e. The molecule has 0 radical (unpaired) electrons. The maximum atomic E-state index is 15.0. The van der Waals surface area contributed by atoms with Crippen LogP contribution >= 0.6 is 46.4 Å². The fraction of sp³-hybridized carbons (Fsp3) is 0.550. The minimum atomic E-state index is -0.999. The van der Waals surface area contributed by atoms with E-state index in [0.717, 1.165) is 47.7 Å². The number of H-pyrrole nitrogens is 4. The third kappa shape index (κ3) is 17.6. The second-order valence-electron chi connectivity index (χ2n) is 31.6. The molecule has 4 aliphatic carbocycles. The van der Waals surface area contributed by atoms with E-state index in [4.69, 9.17) is 65.4 Å². The molecule has 0 bridgehead atoms. The number of alkyl halides is 4. The summed E-state index contributed by atoms with van der Waals surface area (Å²) < 4.78 is 88.7. The van der Waals surface area contributed by atoms with Crippen LogP contribution in [0.2, 0.25) is 20.6 Å². The van der Waals surface area contributed by atoms with Gasteiger partial charge >= 0.3 is 0 Å². The molecule has 4 saturated heterocycles. The lowest BCUT2D eigenvalue weighted by molar-refractivity contribution is 0.0302. The van der Waals surface area contributed by atoms with E-state index < -0.39 is 24.7 Å². The van der Waals surface area contributed by atoms with Crippen LogP contribution in [-0.4, -0.2) is 246 Å². The van der Waals surface area contributed by atoms with E-state index >= 15 is 0 Å². The molecule has 12 aromatic rings. The number of fused-ring (bicyclic) bond motifs is 4. The first kappa shape index (κ1) is 82.7. The average Bonchev–Trinajstić information content (AvgIpc) is 1.61. The van der Waals surface area contributed by atoms with Crippen LogP contribution < -0.4 is 40.2 Å². The predicted octanol–water partition coefficient (Wildman–Crippen LogP) is 16.3. The molecule has 4 saturated carbocycles. The van der Waals surface area contributed by atoms with Crippen molar-refractivity contribution in [3.05, 3.63) is 94.5 Å². The zero-order valence-electron chi connectivity index (χ0n) is 67.3. The summed E-state index contributed by atoms with van der Waals surface area (Å²) in [5.74, 6) is 3.31. The van der Waals surface area contributed by atoms with Crippen LogP contribution in [0.3, 0.4) is 0 Å². The Morgan fingerprint density at radius 2 is 0.550 bits per heavy atom. The van der Waals surface area contributed by atoms with Crippen molar-refractivity contribution in [2.75, 3.05) is 100 Å². The second-order valence-corrected chi connectivity index (χ2v) is 33.0. The Hall–Kier alpha value is -9.56. The van der Waals surface area contributed by atoms with Gasteiger partial charge < -0.3 is 60.2 Å². The first-order valence-electron chi connectivity index (χ1n) is 42.0. The second kappa shape index (κ2) is 37.0. The van der Waals surface area contributed by atoms with Crippen molar-refractivity contribution in [2.24, 2.45) is 0 Å². The number of hydrogen-bond donors (Lipinski definition) is 8. The van der Waals surface area contributed by atoms with Gasteiger partial charge in [0.1, 0.15) is 47.3 Å². The molecule has 20 rings (SSSR count). The summed E-state index contributed by atoms with van der Waals surface area (Å²) in [7, 11) is 0. The van der Waals surface area contributed by atoms with Crippen LogP contribution in [0, 0.1) is 0 Å². The lowest BCUT2D eigenvalue weighted by Gasteiger charge is -2.43. The zero-order valence-corrected chi connectivity index (χ0v) is 70.3. The molecule has 40 heteroatoms. The van der Waals surface area contributed by atoms with Gasteiger partial charge in [0, 0.05) is 101 Å². The number of ether oxygens (including phenoxy) is 4. The largest absolute Gasteiger partial charge is 0.477 e. The maximum absolute atomic E-state index is 15.0. The van der Waals surface area contributed by atoms with Gasteiger partial charge in [-0.05, 0) is 129 Å². The molecule has 0 unspecified atom stereocenters. The van der Waals surface area contributed by atoms with E-state index in [-0.39, 0.29) is 24.2 Å². The van der Waals surface area contributed by atoms with E-state index in [1.807, 2.05) is 52.0 Å². The van der Waals surface area contributed by atoms with Crippen LogP contribution in [0.1, 0.15) is 155 Å². The summed E-state index contributed by atoms with van der Waals surface area (Å²) in [4.78, 5) is 57.0. The number of piperidine rings is 4. The summed E-state index contributed by atoms with van der Waals surface area (Å²) in [6.07, 6.45) is 26.8. The van der Waals surface area contributed by atoms with Crippen molar-refractivity contribution in [1.82, 2.24) is 119 Å². The average molecular weight is 1740 g/mol. The summed E-state index contributed by atoms with van der Waals surface area (Å²) in [5, 5.41) is 34.5. The highest BCUT2D eigenvalue weighted by Crippen LogP contribution is 2.43. The van der Waals surface area contributed by atoms with E-state index in [9.17, 15) is 17.6 Å². The summed E-state index contributed by atoms with van der Waals surface area (Å²) in [5.41, 5.74) is 4.80. The molecule has 8 N–H and O–H groups in total. The molecular formula is C80H100Cl4F4N28O4. The van der Waals surface area contributed by atoms with Gasteiger partial charge in [-0.1, -0.05) is 72.1 Å². The Morgan fingerprint density at radius 3 is 0.733 bits per heavy atom. The normalized spacial score (nSPS) is 22.9. The zero-order chi connectivity index (χ0) is 82.7. The Morgan fingerprint density at radius 1 is 0.333 bits per heavy atom. The Labute approximate surface area is 709 Å². The molecule has 8 atom stereocenters. The lowest BCUT2D eigenvalue weighted by Crippen LogP contribution is -2.49. The number of nitrogens with one attached hydrogen (secondary N) is 8. The van der Waals surface area contributed by atoms with Crippen LogP contribution in [0.4, 0.5) is 64.1 Å². The summed E-state index contributed by atoms with van der Waals surface area (Å²) in [6.45, 7) is 14.8. The van der Waals surface area contributed by atoms with E-state index in [0.29, 0.717) is 216 Å². The molecule has 4 aliphatic heterocycles. The molecule has 8 fully saturated rings. The molecule has 0 amide bonds. The standard InChI is InChI=1S/4C20H25ClFN7O/c4*1-2-30-19-13-6-8-23-18(13)26-20(27-19)25-15-10-24-29(17(15)21)16-7-9-28(11-14(16)22)12-4-3-5-12/h4*6,8,10,12,14,16H,2-5,7,9,11H2,1H3,(H2,23,25,26,27)/t2*14-,16+;2*14-,16-/m1010/s1. The van der Waals surface area contributed by atoms with E-state index in [2.05, 4.69) is 121 Å². The molecule has 0 spiro atoms. The number of nitrogens with zero attached hydrogens (tertiary/aromatic N) is 20. The number of hydrogen-bond acceptors (Lipinski definition) is 24. The first-order chi connectivity index (χ1) is 58.5. The third-order valence-electron chi connectivity index (χ3n) is 24.3. The number of aromatic amines is 4. The molecular weight excluding hydrogens is 1630 g/mol. The molecule has 12 aromatic heterocycles. The Bertz CT molecular complexity index is 4790. The third-order valence-corrected chi connectivity index (χ3v) is 25.9. The van der Waals surface area contributed by atoms with Gasteiger partial charge in [0.25, 0.3) is 0 Å². The van der Waals surface area contributed by atoms with Gasteiger partial charge in [0.2, 0.25) is 47.3 Å². The first-order valence-corrected chi connectivity index (χ1v) is 43.5. The van der Waals surface area contributed by atoms with Crippen molar-refractivity contribution in [2.45, 2.75) is 203 Å². The van der Waals surface area contributed by atoms with Crippen LogP contribution in [0.15, 0.2) is 73.8 Å². The number of halogens is 8. The SMILES string of the molecule is CCOc1nc(Nc2cnn([C@@H]3CCN(C4CCC4)C[C@@H]3F)c2Cl)nc2[nH]ccc12.CCOc1nc(Nc2cnn([C@@H]3CCN(C4CCC4)C[C@H]3F)c2Cl)nc2[nH]ccc12.CCOc1nc(Nc2cnn([C@H]3CCN(C4CCC4)C[C@@H]3F)c2Cl)nc2[nH]ccc12.CCOc1nc(Nc2cnn([C@H]3CCN(C4CCC4)C[C@H]3F)c2Cl)nc2[nH]ccc12. The van der Waals surface area contributed by atoms with E-state index in [1.54, 1.807) is 68.3 Å². The van der Waals surface area contributed by atoms with Crippen molar-refractivity contribution in [1.29, 1.82) is 0 Å². The lowest BCUT2D eigenvalue weighted by atomic mass is 9.89. The predicted molar refractivity (Wildman–Crippen MR) is 453 cm³/mol. The van der Waals surface area contributed by atoms with Crippen molar-refractivity contribution < 1.29 is 36.5 Å². The topological polar surface area (TPSA) is 336 Å². The van der Waals surface area contributed by atoms with Gasteiger partial charge in [-0.15, -0.1) is 0 Å². The monoisotopic (exact) mass is 1730 g/mol. The minimum Gasteiger partial charge on any atom is -0.477 e. The molecule has 0 aromatic carbocycles. The minimum absolute atomic E-state index is 0.339. The van der Waals surface area contributed by atoms with Crippen LogP contribution in [0.25, 0.3) is 44.1 Å². The molecule has 640 valence electrons. The fourth-order valence-corrected chi connectivity index (χ4v) is 18.2. The molecule has 16 heterocycles. The number of aromatic nitrogens is 20. The van der Waals surface area contributed by atoms with Gasteiger partial charge in [-0.25, -0.2) is 36.3 Å². The van der Waals surface area contributed by atoms with Crippen LogP contribution in [0.5, 0.6) is 23.5 Å².